The number of likely N-dealkylation sites (tertiary alicyclic amines) is 1. The first kappa shape index (κ1) is 14.4. The van der Waals surface area contributed by atoms with E-state index in [-0.39, 0.29) is 11.8 Å². The van der Waals surface area contributed by atoms with E-state index < -0.39 is 16.1 Å². The first-order chi connectivity index (χ1) is 7.79. The predicted octanol–water partition coefficient (Wildman–Crippen LogP) is 0.573. The summed E-state index contributed by atoms with van der Waals surface area (Å²) in [5.41, 5.74) is 0. The summed E-state index contributed by atoms with van der Waals surface area (Å²) in [5, 5.41) is 0. The highest BCUT2D eigenvalue weighted by Gasteiger charge is 2.28. The molecule has 1 rings (SSSR count). The van der Waals surface area contributed by atoms with Gasteiger partial charge in [0.05, 0.1) is 6.26 Å². The molecule has 1 aliphatic rings. The van der Waals surface area contributed by atoms with Crippen LogP contribution < -0.4 is 4.72 Å². The van der Waals surface area contributed by atoms with Crippen LogP contribution in [0.3, 0.4) is 0 Å². The van der Waals surface area contributed by atoms with E-state index in [0.29, 0.717) is 6.42 Å². The summed E-state index contributed by atoms with van der Waals surface area (Å²) in [4.78, 5) is 13.9. The second kappa shape index (κ2) is 5.82. The monoisotopic (exact) mass is 262 g/mol. The van der Waals surface area contributed by atoms with E-state index in [1.807, 2.05) is 13.8 Å². The number of carbonyl (C=O) groups is 1. The van der Waals surface area contributed by atoms with Gasteiger partial charge in [0, 0.05) is 13.1 Å². The van der Waals surface area contributed by atoms with Gasteiger partial charge < -0.3 is 4.90 Å². The van der Waals surface area contributed by atoms with Crippen LogP contribution in [-0.2, 0) is 14.8 Å². The fraction of sp³-hybridized carbons (Fsp3) is 0.909. The normalized spacial score (nSPS) is 18.7. The van der Waals surface area contributed by atoms with Crippen LogP contribution >= 0.6 is 0 Å². The summed E-state index contributed by atoms with van der Waals surface area (Å²) in [7, 11) is -3.34. The number of nitrogens with one attached hydrogen (secondary N) is 1. The molecule has 0 bridgehead atoms. The van der Waals surface area contributed by atoms with Crippen LogP contribution in [0.1, 0.15) is 33.1 Å². The Labute approximate surface area is 104 Å². The first-order valence-corrected chi connectivity index (χ1v) is 7.95. The van der Waals surface area contributed by atoms with Crippen LogP contribution in [0.5, 0.6) is 0 Å². The lowest BCUT2D eigenvalue weighted by Crippen LogP contribution is -2.48. The summed E-state index contributed by atoms with van der Waals surface area (Å²) < 4.78 is 25.0. The molecule has 1 heterocycles. The van der Waals surface area contributed by atoms with Gasteiger partial charge in [0.1, 0.15) is 6.04 Å². The highest BCUT2D eigenvalue weighted by Crippen LogP contribution is 2.13. The van der Waals surface area contributed by atoms with E-state index >= 15 is 0 Å². The van der Waals surface area contributed by atoms with Gasteiger partial charge >= 0.3 is 0 Å². The van der Waals surface area contributed by atoms with Crippen molar-refractivity contribution in [2.45, 2.75) is 39.2 Å². The Kier molecular flexibility index (Phi) is 4.94. The molecule has 0 aliphatic carbocycles. The molecule has 5 nitrogen and oxygen atoms in total. The molecule has 0 spiro atoms. The number of amides is 1. The van der Waals surface area contributed by atoms with Crippen molar-refractivity contribution < 1.29 is 13.2 Å². The van der Waals surface area contributed by atoms with Crippen LogP contribution in [0.25, 0.3) is 0 Å². The molecule has 0 radical (unpaired) electrons. The van der Waals surface area contributed by atoms with Gasteiger partial charge in [-0.1, -0.05) is 13.8 Å². The lowest BCUT2D eigenvalue weighted by atomic mass is 10.0. The van der Waals surface area contributed by atoms with Crippen molar-refractivity contribution in [1.29, 1.82) is 0 Å². The molecule has 100 valence electrons. The van der Waals surface area contributed by atoms with E-state index in [1.165, 1.54) is 0 Å². The van der Waals surface area contributed by atoms with Gasteiger partial charge in [-0.3, -0.25) is 4.79 Å². The zero-order chi connectivity index (χ0) is 13.1. The van der Waals surface area contributed by atoms with Gasteiger partial charge in [-0.05, 0) is 25.2 Å². The SMILES string of the molecule is CC(C)C[C@H](NS(C)(=O)=O)C(=O)N1CCCC1. The molecule has 1 amide bonds. The number of hydrogen-bond donors (Lipinski definition) is 1. The van der Waals surface area contributed by atoms with E-state index in [9.17, 15) is 13.2 Å². The van der Waals surface area contributed by atoms with Crippen molar-refractivity contribution in [3.8, 4) is 0 Å². The topological polar surface area (TPSA) is 66.5 Å². The van der Waals surface area contributed by atoms with Crippen molar-refractivity contribution in [3.05, 3.63) is 0 Å². The summed E-state index contributed by atoms with van der Waals surface area (Å²) in [6.45, 7) is 5.46. The minimum absolute atomic E-state index is 0.0818. The van der Waals surface area contributed by atoms with Crippen LogP contribution in [0.15, 0.2) is 0 Å². The third kappa shape index (κ3) is 5.04. The molecule has 1 fully saturated rings. The molecule has 1 saturated heterocycles. The van der Waals surface area contributed by atoms with Gasteiger partial charge in [-0.2, -0.15) is 0 Å². The Hall–Kier alpha value is -0.620. The predicted molar refractivity (Wildman–Crippen MR) is 67.0 cm³/mol. The van der Waals surface area contributed by atoms with E-state index in [0.717, 1.165) is 32.2 Å². The van der Waals surface area contributed by atoms with Gasteiger partial charge in [0.2, 0.25) is 15.9 Å². The van der Waals surface area contributed by atoms with Crippen molar-refractivity contribution in [2.24, 2.45) is 5.92 Å². The lowest BCUT2D eigenvalue weighted by Gasteiger charge is -2.24. The average Bonchev–Trinajstić information content (AvgIpc) is 2.65. The molecular formula is C11H22N2O3S. The van der Waals surface area contributed by atoms with E-state index in [2.05, 4.69) is 4.72 Å². The minimum Gasteiger partial charge on any atom is -0.341 e. The van der Waals surface area contributed by atoms with E-state index in [4.69, 9.17) is 0 Å². The maximum absolute atomic E-state index is 12.2. The van der Waals surface area contributed by atoms with Crippen molar-refractivity contribution in [3.63, 3.8) is 0 Å². The quantitative estimate of drug-likeness (QED) is 0.788. The fourth-order valence-corrected chi connectivity index (χ4v) is 2.80. The summed E-state index contributed by atoms with van der Waals surface area (Å²) in [6.07, 6.45) is 3.66. The molecule has 0 aromatic carbocycles. The van der Waals surface area contributed by atoms with Crippen LogP contribution in [0.4, 0.5) is 0 Å². The molecule has 6 heteroatoms. The van der Waals surface area contributed by atoms with Crippen molar-refractivity contribution >= 4 is 15.9 Å². The summed E-state index contributed by atoms with van der Waals surface area (Å²) >= 11 is 0. The third-order valence-corrected chi connectivity index (χ3v) is 3.49. The van der Waals surface area contributed by atoms with Gasteiger partial charge in [-0.25, -0.2) is 13.1 Å². The Morgan fingerprint density at radius 1 is 1.29 bits per heavy atom. The molecule has 1 N–H and O–H groups in total. The average molecular weight is 262 g/mol. The molecule has 1 atom stereocenters. The van der Waals surface area contributed by atoms with Gasteiger partial charge in [0.15, 0.2) is 0 Å². The molecule has 0 unspecified atom stereocenters. The first-order valence-electron chi connectivity index (χ1n) is 6.05. The number of sulfonamides is 1. The minimum atomic E-state index is -3.34. The Morgan fingerprint density at radius 3 is 2.24 bits per heavy atom. The second-order valence-corrected chi connectivity index (χ2v) is 6.88. The van der Waals surface area contributed by atoms with Crippen LogP contribution in [-0.4, -0.2) is 44.6 Å². The van der Waals surface area contributed by atoms with Crippen LogP contribution in [0.2, 0.25) is 0 Å². The Morgan fingerprint density at radius 2 is 1.82 bits per heavy atom. The Bertz CT molecular complexity index is 359. The molecule has 0 aromatic heterocycles. The molecule has 1 aliphatic heterocycles. The fourth-order valence-electron chi connectivity index (χ4n) is 2.09. The maximum Gasteiger partial charge on any atom is 0.240 e. The highest BCUT2D eigenvalue weighted by molar-refractivity contribution is 7.88. The number of carbonyl (C=O) groups excluding carboxylic acids is 1. The smallest absolute Gasteiger partial charge is 0.240 e. The highest BCUT2D eigenvalue weighted by atomic mass is 32.2. The molecule has 0 aromatic rings. The second-order valence-electron chi connectivity index (χ2n) is 5.10. The largest absolute Gasteiger partial charge is 0.341 e. The maximum atomic E-state index is 12.2. The van der Waals surface area contributed by atoms with Gasteiger partial charge in [-0.15, -0.1) is 0 Å². The number of hydrogen-bond acceptors (Lipinski definition) is 3. The van der Waals surface area contributed by atoms with Gasteiger partial charge in [0.25, 0.3) is 0 Å². The molecule has 17 heavy (non-hydrogen) atoms. The third-order valence-electron chi connectivity index (χ3n) is 2.78. The van der Waals surface area contributed by atoms with Crippen molar-refractivity contribution in [2.75, 3.05) is 19.3 Å². The number of rotatable bonds is 5. The number of nitrogens with zero attached hydrogens (tertiary/aromatic N) is 1. The molecular weight excluding hydrogens is 240 g/mol. The zero-order valence-electron chi connectivity index (χ0n) is 10.8. The zero-order valence-corrected chi connectivity index (χ0v) is 11.6. The summed E-state index contributed by atoms with van der Waals surface area (Å²) in [5.74, 6) is 0.197. The summed E-state index contributed by atoms with van der Waals surface area (Å²) in [6, 6.07) is -0.608. The lowest BCUT2D eigenvalue weighted by molar-refractivity contribution is -0.132. The molecule has 0 saturated carbocycles. The van der Waals surface area contributed by atoms with Crippen molar-refractivity contribution in [1.82, 2.24) is 9.62 Å². The van der Waals surface area contributed by atoms with Crippen LogP contribution in [0, 0.1) is 5.92 Å². The standard InChI is InChI=1S/C11H22N2O3S/c1-9(2)8-10(12-17(3,15)16)11(14)13-6-4-5-7-13/h9-10,12H,4-8H2,1-3H3/t10-/m0/s1. The van der Waals surface area contributed by atoms with E-state index in [1.54, 1.807) is 4.90 Å². The Balaban J connectivity index is 2.70.